The molecule has 2 aromatic rings. The van der Waals surface area contributed by atoms with Crippen LogP contribution in [0.15, 0.2) is 30.3 Å². The molecule has 0 radical (unpaired) electrons. The molecule has 166 valence electrons. The number of H-pyrrole nitrogens is 1. The van der Waals surface area contributed by atoms with Crippen molar-refractivity contribution in [2.75, 3.05) is 52.4 Å². The molecule has 0 saturated carbocycles. The van der Waals surface area contributed by atoms with Crippen LogP contribution in [0.2, 0.25) is 0 Å². The second kappa shape index (κ2) is 9.96. The Bertz CT molecular complexity index is 881. The van der Waals surface area contributed by atoms with Crippen molar-refractivity contribution in [3.05, 3.63) is 36.0 Å². The topological polar surface area (TPSA) is 81.8 Å². The van der Waals surface area contributed by atoms with Crippen LogP contribution in [-0.4, -0.2) is 89.1 Å². The molecule has 4 rings (SSSR count). The number of hydrogen-bond donors (Lipinski definition) is 1. The normalized spacial score (nSPS) is 17.6. The van der Waals surface area contributed by atoms with Gasteiger partial charge in [-0.25, -0.2) is 0 Å². The fourth-order valence-corrected chi connectivity index (χ4v) is 4.18. The highest BCUT2D eigenvalue weighted by Crippen LogP contribution is 2.22. The lowest BCUT2D eigenvalue weighted by atomic mass is 10.1. The maximum absolute atomic E-state index is 12.9. The first-order valence-corrected chi connectivity index (χ1v) is 11.2. The summed E-state index contributed by atoms with van der Waals surface area (Å²) in [6.07, 6.45) is 3.44. The van der Waals surface area contributed by atoms with Crippen molar-refractivity contribution in [3.63, 3.8) is 0 Å². The number of aromatic amines is 1. The van der Waals surface area contributed by atoms with Gasteiger partial charge >= 0.3 is 0 Å². The van der Waals surface area contributed by atoms with Crippen molar-refractivity contribution in [1.29, 1.82) is 0 Å². The number of rotatable bonds is 6. The van der Waals surface area contributed by atoms with Crippen LogP contribution in [-0.2, 0) is 4.79 Å². The number of carbonyl (C=O) groups excluding carboxylic acids is 2. The molecule has 2 amide bonds. The summed E-state index contributed by atoms with van der Waals surface area (Å²) in [6, 6.07) is 9.48. The van der Waals surface area contributed by atoms with E-state index in [-0.39, 0.29) is 11.8 Å². The lowest BCUT2D eigenvalue weighted by Crippen LogP contribution is -2.52. The smallest absolute Gasteiger partial charge is 0.271 e. The number of hydrogen-bond acceptors (Lipinski definition) is 5. The Labute approximate surface area is 183 Å². The van der Waals surface area contributed by atoms with Crippen molar-refractivity contribution in [1.82, 2.24) is 24.9 Å². The molecule has 0 atom stereocenters. The lowest BCUT2D eigenvalue weighted by Gasteiger charge is -2.35. The van der Waals surface area contributed by atoms with Crippen molar-refractivity contribution < 1.29 is 14.3 Å². The Morgan fingerprint density at radius 2 is 1.68 bits per heavy atom. The molecule has 0 aliphatic carbocycles. The highest BCUT2D eigenvalue weighted by Gasteiger charge is 2.26. The minimum Gasteiger partial charge on any atom is -0.494 e. The van der Waals surface area contributed by atoms with Gasteiger partial charge in [0, 0.05) is 44.8 Å². The standard InChI is InChI=1S/C23H31N5O3/c1-2-31-19-8-6-18(7-9-19)20-16-21(25-24-20)23(30)28-14-12-26(13-15-28)17-22(29)27-10-4-3-5-11-27/h6-9,16H,2-5,10-15,17H2,1H3,(H,24,25). The summed E-state index contributed by atoms with van der Waals surface area (Å²) in [5.74, 6) is 0.981. The minimum atomic E-state index is -0.0494. The van der Waals surface area contributed by atoms with Crippen molar-refractivity contribution in [2.24, 2.45) is 0 Å². The molecule has 2 saturated heterocycles. The van der Waals surface area contributed by atoms with Gasteiger partial charge in [0.25, 0.3) is 5.91 Å². The van der Waals surface area contributed by atoms with E-state index in [2.05, 4.69) is 15.1 Å². The number of piperidine rings is 1. The molecule has 0 unspecified atom stereocenters. The molecular formula is C23H31N5O3. The fraction of sp³-hybridized carbons (Fsp3) is 0.522. The van der Waals surface area contributed by atoms with Crippen LogP contribution in [0.25, 0.3) is 11.3 Å². The second-order valence-corrected chi connectivity index (χ2v) is 8.13. The predicted molar refractivity (Wildman–Crippen MR) is 118 cm³/mol. The van der Waals surface area contributed by atoms with Gasteiger partial charge in [0.2, 0.25) is 5.91 Å². The zero-order valence-electron chi connectivity index (χ0n) is 18.2. The average Bonchev–Trinajstić information content (AvgIpc) is 3.31. The number of nitrogens with one attached hydrogen (secondary N) is 1. The molecule has 2 aliphatic heterocycles. The van der Waals surface area contributed by atoms with Gasteiger partial charge in [-0.05, 0) is 56.5 Å². The molecule has 2 fully saturated rings. The van der Waals surface area contributed by atoms with Gasteiger partial charge in [0.05, 0.1) is 18.8 Å². The summed E-state index contributed by atoms with van der Waals surface area (Å²) >= 11 is 0. The largest absolute Gasteiger partial charge is 0.494 e. The Morgan fingerprint density at radius 1 is 0.968 bits per heavy atom. The monoisotopic (exact) mass is 425 g/mol. The van der Waals surface area contributed by atoms with E-state index in [1.165, 1.54) is 6.42 Å². The lowest BCUT2D eigenvalue weighted by molar-refractivity contribution is -0.133. The molecule has 0 spiro atoms. The van der Waals surface area contributed by atoms with Crippen LogP contribution in [0, 0.1) is 0 Å². The number of benzene rings is 1. The summed E-state index contributed by atoms with van der Waals surface area (Å²) in [5, 5.41) is 7.19. The third-order valence-corrected chi connectivity index (χ3v) is 6.00. The molecular weight excluding hydrogens is 394 g/mol. The second-order valence-electron chi connectivity index (χ2n) is 8.13. The van der Waals surface area contributed by atoms with Crippen molar-refractivity contribution in [3.8, 4) is 17.0 Å². The maximum atomic E-state index is 12.9. The molecule has 2 aliphatic rings. The van der Waals surface area contributed by atoms with Gasteiger partial charge in [0.1, 0.15) is 11.4 Å². The number of likely N-dealkylation sites (tertiary alicyclic amines) is 1. The van der Waals surface area contributed by atoms with Crippen molar-refractivity contribution >= 4 is 11.8 Å². The number of amides is 2. The number of piperazine rings is 1. The van der Waals surface area contributed by atoms with E-state index < -0.39 is 0 Å². The van der Waals surface area contributed by atoms with Crippen LogP contribution in [0.1, 0.15) is 36.7 Å². The van der Waals surface area contributed by atoms with E-state index in [9.17, 15) is 9.59 Å². The first-order valence-electron chi connectivity index (χ1n) is 11.2. The van der Waals surface area contributed by atoms with Crippen LogP contribution < -0.4 is 4.74 Å². The van der Waals surface area contributed by atoms with Crippen LogP contribution in [0.3, 0.4) is 0 Å². The summed E-state index contributed by atoms with van der Waals surface area (Å²) in [5.41, 5.74) is 2.15. The molecule has 1 N–H and O–H groups in total. The predicted octanol–water partition coefficient (Wildman–Crippen LogP) is 2.25. The van der Waals surface area contributed by atoms with Gasteiger partial charge in [-0.15, -0.1) is 0 Å². The molecule has 8 heteroatoms. The fourth-order valence-electron chi connectivity index (χ4n) is 4.18. The Hall–Kier alpha value is -2.87. The van der Waals surface area contributed by atoms with Gasteiger partial charge in [-0.3, -0.25) is 19.6 Å². The third kappa shape index (κ3) is 5.25. The van der Waals surface area contributed by atoms with Crippen LogP contribution in [0.5, 0.6) is 5.75 Å². The molecule has 8 nitrogen and oxygen atoms in total. The summed E-state index contributed by atoms with van der Waals surface area (Å²) in [7, 11) is 0. The highest BCUT2D eigenvalue weighted by molar-refractivity contribution is 5.93. The molecule has 31 heavy (non-hydrogen) atoms. The Kier molecular flexibility index (Phi) is 6.86. The number of nitrogens with zero attached hydrogens (tertiary/aromatic N) is 4. The van der Waals surface area contributed by atoms with Crippen molar-refractivity contribution in [2.45, 2.75) is 26.2 Å². The summed E-state index contributed by atoms with van der Waals surface area (Å²) < 4.78 is 5.47. The Balaban J connectivity index is 1.29. The van der Waals surface area contributed by atoms with E-state index in [0.29, 0.717) is 45.0 Å². The Morgan fingerprint density at radius 3 is 2.35 bits per heavy atom. The quantitative estimate of drug-likeness (QED) is 0.768. The molecule has 1 aromatic heterocycles. The number of carbonyl (C=O) groups is 2. The van der Waals surface area contributed by atoms with Gasteiger partial charge < -0.3 is 14.5 Å². The van der Waals surface area contributed by atoms with Gasteiger partial charge in [0.15, 0.2) is 0 Å². The summed E-state index contributed by atoms with van der Waals surface area (Å²) in [4.78, 5) is 31.3. The van der Waals surface area contributed by atoms with E-state index in [1.807, 2.05) is 41.0 Å². The SMILES string of the molecule is CCOc1ccc(-c2cc(C(=O)N3CCN(CC(=O)N4CCCCC4)CC3)[nH]n2)cc1. The van der Waals surface area contributed by atoms with E-state index in [1.54, 1.807) is 6.07 Å². The van der Waals surface area contributed by atoms with E-state index in [0.717, 1.165) is 42.9 Å². The average molecular weight is 426 g/mol. The zero-order valence-corrected chi connectivity index (χ0v) is 18.2. The van der Waals surface area contributed by atoms with E-state index in [4.69, 9.17) is 4.74 Å². The maximum Gasteiger partial charge on any atom is 0.271 e. The summed E-state index contributed by atoms with van der Waals surface area (Å²) in [6.45, 7) is 7.45. The van der Waals surface area contributed by atoms with Crippen LogP contribution in [0.4, 0.5) is 0 Å². The van der Waals surface area contributed by atoms with Gasteiger partial charge in [-0.2, -0.15) is 5.10 Å². The van der Waals surface area contributed by atoms with E-state index >= 15 is 0 Å². The third-order valence-electron chi connectivity index (χ3n) is 6.00. The van der Waals surface area contributed by atoms with Gasteiger partial charge in [-0.1, -0.05) is 0 Å². The molecule has 1 aromatic carbocycles. The number of ether oxygens (including phenoxy) is 1. The van der Waals surface area contributed by atoms with Crippen LogP contribution >= 0.6 is 0 Å². The first-order chi connectivity index (χ1) is 15.1. The highest BCUT2D eigenvalue weighted by atomic mass is 16.5. The number of aromatic nitrogens is 2. The zero-order chi connectivity index (χ0) is 21.6. The molecule has 3 heterocycles. The molecule has 0 bridgehead atoms. The first kappa shape index (κ1) is 21.4. The minimum absolute atomic E-state index is 0.0494.